The van der Waals surface area contributed by atoms with E-state index in [1.165, 1.54) is 28.3 Å². The Labute approximate surface area is 617 Å². The normalized spacial score (nSPS) is 13.8. The molecular weight excluding hydrogens is 1350 g/mol. The highest BCUT2D eigenvalue weighted by Crippen LogP contribution is 2.27. The molecule has 0 saturated heterocycles. The number of rotatable bonds is 27. The van der Waals surface area contributed by atoms with Crippen molar-refractivity contribution < 1.29 is 66.7 Å². The number of carbonyl (C=O) groups excluding carboxylic acids is 7. The second-order valence-corrected chi connectivity index (χ2v) is 29.4. The molecule has 0 radical (unpaired) electrons. The summed E-state index contributed by atoms with van der Waals surface area (Å²) in [5.74, 6) is -1.48. The number of nitrogens with two attached hydrogens (primary N) is 1. The van der Waals surface area contributed by atoms with E-state index in [1.54, 1.807) is 81.9 Å². The maximum absolute atomic E-state index is 12.3. The molecule has 0 aliphatic heterocycles. The van der Waals surface area contributed by atoms with Crippen LogP contribution in [0.1, 0.15) is 226 Å². The van der Waals surface area contributed by atoms with Gasteiger partial charge in [-0.25, -0.2) is 14.4 Å². The van der Waals surface area contributed by atoms with Crippen LogP contribution in [0.4, 0.5) is 0 Å². The highest BCUT2D eigenvalue weighted by molar-refractivity contribution is 9.08. The summed E-state index contributed by atoms with van der Waals surface area (Å²) in [6.45, 7) is 47.0. The maximum atomic E-state index is 12.3. The molecule has 4 aromatic carbocycles. The van der Waals surface area contributed by atoms with Crippen molar-refractivity contribution in [1.82, 2.24) is 15.5 Å². The van der Waals surface area contributed by atoms with Crippen LogP contribution in [-0.2, 0) is 79.8 Å². The number of aliphatic imine (C=N–C) groups is 1. The maximum Gasteiger partial charge on any atom is 0.375 e. The summed E-state index contributed by atoms with van der Waals surface area (Å²) in [7, 11) is 3.25. The highest BCUT2D eigenvalue weighted by Gasteiger charge is 2.28. The predicted octanol–water partition coefficient (Wildman–Crippen LogP) is 16.0. The third kappa shape index (κ3) is 57.4. The third-order valence-corrected chi connectivity index (χ3v) is 13.1. The van der Waals surface area contributed by atoms with Gasteiger partial charge in [-0.3, -0.25) is 29.1 Å². The van der Waals surface area contributed by atoms with Crippen LogP contribution < -0.4 is 16.4 Å². The van der Waals surface area contributed by atoms with E-state index in [1.807, 2.05) is 120 Å². The average Bonchev–Trinajstić information content (AvgIpc) is 0.841. The number of halogens is 1. The number of ketones is 2. The Kier molecular flexibility index (Phi) is 50.9. The Morgan fingerprint density at radius 2 is 0.901 bits per heavy atom. The number of hydrogen-bond donors (Lipinski definition) is 3. The van der Waals surface area contributed by atoms with Crippen LogP contribution in [-0.4, -0.2) is 144 Å². The molecule has 0 heterocycles. The summed E-state index contributed by atoms with van der Waals surface area (Å²) in [6, 6.07) is 42.0. The zero-order valence-electron chi connectivity index (χ0n) is 66.4. The van der Waals surface area contributed by atoms with E-state index in [4.69, 9.17) is 38.9 Å². The molecule has 2 unspecified atom stereocenters. The fourth-order valence-electron chi connectivity index (χ4n) is 8.27. The minimum Gasteiger partial charge on any atom is -0.460 e. The van der Waals surface area contributed by atoms with Gasteiger partial charge in [0, 0.05) is 89.2 Å². The number of carbonyl (C=O) groups is 7. The summed E-state index contributed by atoms with van der Waals surface area (Å²) in [5.41, 5.74) is 8.00. The third-order valence-electron chi connectivity index (χ3n) is 13.1. The molecule has 570 valence electrons. The number of esters is 5. The minimum absolute atomic E-state index is 0.0268. The molecule has 0 fully saturated rings. The second kappa shape index (κ2) is 52.2. The van der Waals surface area contributed by atoms with Crippen LogP contribution >= 0.6 is 15.9 Å². The molecule has 0 amide bonds. The first-order chi connectivity index (χ1) is 46.7. The van der Waals surface area contributed by atoms with Crippen LogP contribution in [0.25, 0.3) is 0 Å². The summed E-state index contributed by atoms with van der Waals surface area (Å²) in [6.07, 6.45) is 5.66. The number of hydrogen-bond acceptors (Lipinski definition) is 19. The first kappa shape index (κ1) is 98.4. The van der Waals surface area contributed by atoms with E-state index < -0.39 is 45.9 Å². The molecule has 19 nitrogen and oxygen atoms in total. The molecule has 0 aliphatic rings. The van der Waals surface area contributed by atoms with Gasteiger partial charge in [-0.05, 0) is 194 Å². The Balaban J connectivity index is -0.00000116. The molecule has 0 aromatic heterocycles. The molecular formula is C81H130BrN5O14. The molecule has 20 heteroatoms. The van der Waals surface area contributed by atoms with Gasteiger partial charge in [0.2, 0.25) is 11.6 Å². The van der Waals surface area contributed by atoms with Gasteiger partial charge in [0.05, 0.1) is 31.1 Å². The highest BCUT2D eigenvalue weighted by atomic mass is 79.9. The largest absolute Gasteiger partial charge is 0.460 e. The number of methoxy groups -OCH3 is 2. The second-order valence-electron chi connectivity index (χ2n) is 29.4. The lowest BCUT2D eigenvalue weighted by Gasteiger charge is -2.35. The zero-order valence-corrected chi connectivity index (χ0v) is 68.0. The lowest BCUT2D eigenvalue weighted by Crippen LogP contribution is -2.38. The van der Waals surface area contributed by atoms with Gasteiger partial charge >= 0.3 is 29.8 Å². The van der Waals surface area contributed by atoms with Gasteiger partial charge in [0.25, 0.3) is 0 Å². The first-order valence-electron chi connectivity index (χ1n) is 34.6. The lowest BCUT2D eigenvalue weighted by molar-refractivity contribution is -0.162. The molecule has 101 heavy (non-hydrogen) atoms. The lowest BCUT2D eigenvalue weighted by atomic mass is 10.0. The Morgan fingerprint density at radius 1 is 0.505 bits per heavy atom. The summed E-state index contributed by atoms with van der Waals surface area (Å²) in [5, 5.41) is 6.64. The minimum atomic E-state index is -0.801. The van der Waals surface area contributed by atoms with Crippen LogP contribution in [0, 0.1) is 0 Å². The summed E-state index contributed by atoms with van der Waals surface area (Å²) < 4.78 is 35.6. The molecule has 0 bridgehead atoms. The fraction of sp³-hybridized carbons (Fsp3) is 0.580. The Morgan fingerprint density at radius 3 is 1.30 bits per heavy atom. The monoisotopic (exact) mass is 1480 g/mol. The van der Waals surface area contributed by atoms with Crippen molar-refractivity contribution in [3.63, 3.8) is 0 Å². The molecule has 0 aliphatic carbocycles. The van der Waals surface area contributed by atoms with Crippen LogP contribution in [0.2, 0.25) is 0 Å². The number of alkyl halides is 1. The Bertz CT molecular complexity index is 2950. The van der Waals surface area contributed by atoms with E-state index in [2.05, 4.69) is 154 Å². The molecule has 8 atom stereocenters. The molecule has 0 saturated carbocycles. The number of nitrogens with one attached hydrogen (secondary N) is 2. The van der Waals surface area contributed by atoms with E-state index in [0.29, 0.717) is 25.4 Å². The molecule has 4 N–H and O–H groups in total. The van der Waals surface area contributed by atoms with E-state index >= 15 is 0 Å². The first-order valence-corrected chi connectivity index (χ1v) is 36.2. The molecule has 4 aromatic rings. The SMILES string of the molecule is C/C=C/C(=O)OC(C)(C)C.CBr.COC(C)C=N[C@H](C)CC(=O)OC(C)(C)C.COC(C)CN[C@H](C)CC(=O)C(=O)OC(C)(C)C.C[C@@H](N)CC(=O)C(=O)OC(C)(C)C.C[C@@H](NCc1ccccc1)c1ccccc1.C[C@H](CC(=O)OC(C)(C)C)N(Cc1ccccc1)[C@H](C)c1ccccc1. The zero-order chi connectivity index (χ0) is 78.3. The molecule has 4 rings (SSSR count). The number of nitrogens with zero attached hydrogens (tertiary/aromatic N) is 2. The van der Waals surface area contributed by atoms with Crippen molar-refractivity contribution in [2.24, 2.45) is 10.7 Å². The van der Waals surface area contributed by atoms with E-state index in [0.717, 1.165) is 13.1 Å². The van der Waals surface area contributed by atoms with E-state index in [9.17, 15) is 33.6 Å². The van der Waals surface area contributed by atoms with Gasteiger partial charge in [-0.1, -0.05) is 143 Å². The quantitative estimate of drug-likeness (QED) is 0.0125. The van der Waals surface area contributed by atoms with Crippen LogP contribution in [0.15, 0.2) is 138 Å². The topological polar surface area (TPSA) is 250 Å². The van der Waals surface area contributed by atoms with Gasteiger partial charge in [0.1, 0.15) is 28.0 Å². The van der Waals surface area contributed by atoms with Crippen molar-refractivity contribution in [2.75, 3.05) is 26.6 Å². The van der Waals surface area contributed by atoms with Crippen molar-refractivity contribution in [3.05, 3.63) is 156 Å². The van der Waals surface area contributed by atoms with Crippen LogP contribution in [0.5, 0.6) is 0 Å². The van der Waals surface area contributed by atoms with Crippen LogP contribution in [0.3, 0.4) is 0 Å². The van der Waals surface area contributed by atoms with Gasteiger partial charge in [-0.15, -0.1) is 0 Å². The predicted molar refractivity (Wildman–Crippen MR) is 414 cm³/mol. The van der Waals surface area contributed by atoms with Crippen molar-refractivity contribution >= 4 is 63.6 Å². The summed E-state index contributed by atoms with van der Waals surface area (Å²) >= 11 is 2.94. The van der Waals surface area contributed by atoms with Gasteiger partial charge in [0.15, 0.2) is 0 Å². The van der Waals surface area contributed by atoms with E-state index in [-0.39, 0.29) is 78.8 Å². The summed E-state index contributed by atoms with van der Waals surface area (Å²) in [4.78, 5) is 86.3. The smallest absolute Gasteiger partial charge is 0.375 e. The van der Waals surface area contributed by atoms with Crippen molar-refractivity contribution in [3.8, 4) is 0 Å². The van der Waals surface area contributed by atoms with Crippen molar-refractivity contribution in [1.29, 1.82) is 0 Å². The fourth-order valence-corrected chi connectivity index (χ4v) is 8.27. The molecule has 0 spiro atoms. The number of allylic oxidation sites excluding steroid dienone is 1. The van der Waals surface area contributed by atoms with Crippen molar-refractivity contribution in [2.45, 2.75) is 281 Å². The standard InChI is InChI=1S/C23H31NO2.C15H17N.C13H25NO4.C12H23NO3.C9H17NO3.C8H14O2.CH3Br/c1-18(16-22(25)26-23(3,4)5)24(17-20-12-8-6-9-13-20)19(2)21-14-10-7-11-15-21;1-13(15-10-6-3-7-11-15)16-12-14-8-4-2-5-9-14;1-9(14-8-10(2)17-6)7-11(15)12(16)18-13(3,4)5;1-9(13-8-10(2)15-6)7-11(14)16-12(3,4)5;1-6(10)5-7(11)8(12)13-9(2,3)4;1-5-6-7(9)10-8(2,3)4;1-2/h6-15,18-19H,16-17H2,1-5H3;2-11,13,16H,12H2,1H3;9-10,14H,7-8H2,1-6H3;8-10H,7H2,1-6H3;6H,5,10H2,1-4H3;5-6H,1-4H3;1H3/b;;;;;6-5+;/t18-,19-;13-;2*9-,10?;6-;;/m11111../s1. The number of benzene rings is 4. The number of Topliss-reactive ketones (excluding diaryl/α,β-unsaturated/α-hetero) is 2. The van der Waals surface area contributed by atoms with Gasteiger partial charge in [-0.2, -0.15) is 0 Å². The Hall–Kier alpha value is -6.78. The average molecular weight is 1480 g/mol. The number of ether oxygens (including phenoxy) is 7. The van der Waals surface area contributed by atoms with Gasteiger partial charge < -0.3 is 49.5 Å².